The van der Waals surface area contributed by atoms with Crippen molar-refractivity contribution in [2.24, 2.45) is 0 Å². The molecule has 1 saturated carbocycles. The Kier molecular flexibility index (Phi) is 2.29. The zero-order chi connectivity index (χ0) is 10.8. The summed E-state index contributed by atoms with van der Waals surface area (Å²) in [6.07, 6.45) is 4.28. The second-order valence-corrected chi connectivity index (χ2v) is 4.05. The van der Waals surface area contributed by atoms with Crippen molar-refractivity contribution in [1.82, 2.24) is 9.97 Å². The average Bonchev–Trinajstić information content (AvgIpc) is 3.15. The third kappa shape index (κ3) is 2.03. The van der Waals surface area contributed by atoms with Crippen molar-refractivity contribution in [3.63, 3.8) is 0 Å². The van der Waals surface area contributed by atoms with E-state index in [-0.39, 0.29) is 0 Å². The molecule has 3 rings (SSSR count). The number of benzene rings is 1. The number of anilines is 1. The van der Waals surface area contributed by atoms with Crippen LogP contribution in [0, 0.1) is 0 Å². The molecule has 0 saturated heterocycles. The quantitative estimate of drug-likeness (QED) is 0.848. The zero-order valence-electron chi connectivity index (χ0n) is 8.93. The normalized spacial score (nSPS) is 14.8. The van der Waals surface area contributed by atoms with E-state index in [1.54, 1.807) is 6.20 Å². The maximum absolute atomic E-state index is 4.50. The SMILES string of the molecule is c1ccc(-c2ccnc(NC3CC3)n2)cc1. The van der Waals surface area contributed by atoms with Crippen molar-refractivity contribution in [3.8, 4) is 11.3 Å². The first kappa shape index (κ1) is 9.33. The molecule has 0 amide bonds. The summed E-state index contributed by atoms with van der Waals surface area (Å²) in [4.78, 5) is 8.72. The fourth-order valence-electron chi connectivity index (χ4n) is 1.61. The lowest BCUT2D eigenvalue weighted by Gasteiger charge is -2.04. The van der Waals surface area contributed by atoms with E-state index in [1.807, 2.05) is 24.3 Å². The van der Waals surface area contributed by atoms with Gasteiger partial charge in [0.2, 0.25) is 5.95 Å². The average molecular weight is 211 g/mol. The van der Waals surface area contributed by atoms with E-state index in [2.05, 4.69) is 27.4 Å². The molecule has 1 heterocycles. The number of nitrogens with one attached hydrogen (secondary N) is 1. The van der Waals surface area contributed by atoms with Gasteiger partial charge in [0.1, 0.15) is 0 Å². The Morgan fingerprint density at radius 3 is 2.62 bits per heavy atom. The van der Waals surface area contributed by atoms with Crippen LogP contribution in [0.5, 0.6) is 0 Å². The summed E-state index contributed by atoms with van der Waals surface area (Å²) in [5.74, 6) is 0.740. The van der Waals surface area contributed by atoms with Crippen LogP contribution in [-0.2, 0) is 0 Å². The summed E-state index contributed by atoms with van der Waals surface area (Å²) in [5, 5.41) is 3.30. The molecule has 1 aromatic carbocycles. The van der Waals surface area contributed by atoms with Gasteiger partial charge in [-0.3, -0.25) is 0 Å². The van der Waals surface area contributed by atoms with Gasteiger partial charge in [0, 0.05) is 17.8 Å². The first-order valence-corrected chi connectivity index (χ1v) is 5.57. The molecule has 80 valence electrons. The number of nitrogens with zero attached hydrogens (tertiary/aromatic N) is 2. The summed E-state index contributed by atoms with van der Waals surface area (Å²) >= 11 is 0. The third-order valence-electron chi connectivity index (χ3n) is 2.64. The van der Waals surface area contributed by atoms with Gasteiger partial charge in [0.25, 0.3) is 0 Å². The van der Waals surface area contributed by atoms with Gasteiger partial charge in [-0.2, -0.15) is 0 Å². The molecule has 1 N–H and O–H groups in total. The van der Waals surface area contributed by atoms with Crippen LogP contribution in [0.2, 0.25) is 0 Å². The Labute approximate surface area is 94.6 Å². The van der Waals surface area contributed by atoms with Gasteiger partial charge >= 0.3 is 0 Å². The Hall–Kier alpha value is -1.90. The van der Waals surface area contributed by atoms with E-state index in [0.717, 1.165) is 17.2 Å². The van der Waals surface area contributed by atoms with E-state index in [0.29, 0.717) is 6.04 Å². The molecule has 1 aliphatic carbocycles. The molecule has 1 aliphatic rings. The summed E-state index contributed by atoms with van der Waals surface area (Å²) in [7, 11) is 0. The van der Waals surface area contributed by atoms with Gasteiger partial charge in [0.05, 0.1) is 5.69 Å². The summed E-state index contributed by atoms with van der Waals surface area (Å²) < 4.78 is 0. The van der Waals surface area contributed by atoms with Crippen molar-refractivity contribution in [3.05, 3.63) is 42.6 Å². The number of rotatable bonds is 3. The van der Waals surface area contributed by atoms with Crippen molar-refractivity contribution in [2.45, 2.75) is 18.9 Å². The van der Waals surface area contributed by atoms with E-state index in [9.17, 15) is 0 Å². The Bertz CT molecular complexity index is 478. The third-order valence-corrected chi connectivity index (χ3v) is 2.64. The summed E-state index contributed by atoms with van der Waals surface area (Å²) in [6.45, 7) is 0. The summed E-state index contributed by atoms with van der Waals surface area (Å²) in [5.41, 5.74) is 2.10. The van der Waals surface area contributed by atoms with Gasteiger partial charge in [-0.1, -0.05) is 30.3 Å². The van der Waals surface area contributed by atoms with Crippen molar-refractivity contribution < 1.29 is 0 Å². The molecule has 2 aromatic rings. The van der Waals surface area contributed by atoms with Gasteiger partial charge in [0.15, 0.2) is 0 Å². The lowest BCUT2D eigenvalue weighted by Crippen LogP contribution is -2.05. The fourth-order valence-corrected chi connectivity index (χ4v) is 1.61. The van der Waals surface area contributed by atoms with E-state index in [4.69, 9.17) is 0 Å². The highest BCUT2D eigenvalue weighted by atomic mass is 15.1. The van der Waals surface area contributed by atoms with Crippen LogP contribution >= 0.6 is 0 Å². The van der Waals surface area contributed by atoms with E-state index < -0.39 is 0 Å². The molecule has 0 atom stereocenters. The van der Waals surface area contributed by atoms with Gasteiger partial charge in [-0.15, -0.1) is 0 Å². The van der Waals surface area contributed by atoms with Crippen molar-refractivity contribution in [2.75, 3.05) is 5.32 Å². The molecule has 1 aromatic heterocycles. The van der Waals surface area contributed by atoms with Crippen LogP contribution in [-0.4, -0.2) is 16.0 Å². The van der Waals surface area contributed by atoms with Crippen LogP contribution in [0.4, 0.5) is 5.95 Å². The molecule has 16 heavy (non-hydrogen) atoms. The standard InChI is InChI=1S/C13H13N3/c1-2-4-10(5-3-1)12-8-9-14-13(16-12)15-11-6-7-11/h1-5,8-9,11H,6-7H2,(H,14,15,16). The lowest BCUT2D eigenvalue weighted by atomic mass is 10.1. The number of hydrogen-bond donors (Lipinski definition) is 1. The summed E-state index contributed by atoms with van der Waals surface area (Å²) in [6, 6.07) is 12.7. The van der Waals surface area contributed by atoms with Crippen LogP contribution in [0.15, 0.2) is 42.6 Å². The lowest BCUT2D eigenvalue weighted by molar-refractivity contribution is 1.06. The van der Waals surface area contributed by atoms with Gasteiger partial charge < -0.3 is 5.32 Å². The minimum absolute atomic E-state index is 0.589. The molecule has 0 spiro atoms. The molecule has 0 bridgehead atoms. The second-order valence-electron chi connectivity index (χ2n) is 4.05. The Balaban J connectivity index is 1.89. The van der Waals surface area contributed by atoms with Gasteiger partial charge in [-0.05, 0) is 18.9 Å². The Morgan fingerprint density at radius 1 is 1.06 bits per heavy atom. The topological polar surface area (TPSA) is 37.8 Å². The van der Waals surface area contributed by atoms with E-state index >= 15 is 0 Å². The predicted molar refractivity (Wildman–Crippen MR) is 64.1 cm³/mol. The second kappa shape index (κ2) is 3.93. The molecular formula is C13H13N3. The van der Waals surface area contributed by atoms with Crippen LogP contribution in [0.25, 0.3) is 11.3 Å². The van der Waals surface area contributed by atoms with Gasteiger partial charge in [-0.25, -0.2) is 9.97 Å². The maximum Gasteiger partial charge on any atom is 0.223 e. The molecule has 0 radical (unpaired) electrons. The zero-order valence-corrected chi connectivity index (χ0v) is 8.93. The molecule has 1 fully saturated rings. The minimum Gasteiger partial charge on any atom is -0.351 e. The minimum atomic E-state index is 0.589. The van der Waals surface area contributed by atoms with Crippen LogP contribution < -0.4 is 5.32 Å². The monoisotopic (exact) mass is 211 g/mol. The first-order valence-electron chi connectivity index (χ1n) is 5.57. The fraction of sp³-hybridized carbons (Fsp3) is 0.231. The van der Waals surface area contributed by atoms with Crippen LogP contribution in [0.3, 0.4) is 0 Å². The molecule has 3 nitrogen and oxygen atoms in total. The predicted octanol–water partition coefficient (Wildman–Crippen LogP) is 2.72. The smallest absolute Gasteiger partial charge is 0.223 e. The van der Waals surface area contributed by atoms with E-state index in [1.165, 1.54) is 12.8 Å². The van der Waals surface area contributed by atoms with Crippen LogP contribution in [0.1, 0.15) is 12.8 Å². The molecule has 3 heteroatoms. The van der Waals surface area contributed by atoms with Crippen molar-refractivity contribution in [1.29, 1.82) is 0 Å². The molecule has 0 unspecified atom stereocenters. The Morgan fingerprint density at radius 2 is 1.88 bits per heavy atom. The van der Waals surface area contributed by atoms with Crippen molar-refractivity contribution >= 4 is 5.95 Å². The number of aromatic nitrogens is 2. The first-order chi connectivity index (χ1) is 7.92. The highest BCUT2D eigenvalue weighted by Gasteiger charge is 2.21. The molecular weight excluding hydrogens is 198 g/mol. The largest absolute Gasteiger partial charge is 0.351 e. The highest BCUT2D eigenvalue weighted by Crippen LogP contribution is 2.24. The number of hydrogen-bond acceptors (Lipinski definition) is 3. The maximum atomic E-state index is 4.50. The highest BCUT2D eigenvalue weighted by molar-refractivity contribution is 5.59. The molecule has 0 aliphatic heterocycles.